The van der Waals surface area contributed by atoms with Crippen molar-refractivity contribution in [3.63, 3.8) is 0 Å². The predicted octanol–water partition coefficient (Wildman–Crippen LogP) is 4.75. The number of hydrogen-bond donors (Lipinski definition) is 1. The number of hydrogen-bond acceptors (Lipinski definition) is 12. The van der Waals surface area contributed by atoms with Gasteiger partial charge in [-0.25, -0.2) is 22.2 Å². The van der Waals surface area contributed by atoms with Gasteiger partial charge in [-0.1, -0.05) is 18.2 Å². The molecule has 2 aliphatic heterocycles. The van der Waals surface area contributed by atoms with Crippen molar-refractivity contribution < 1.29 is 34.8 Å². The highest BCUT2D eigenvalue weighted by Crippen LogP contribution is 2.37. The summed E-state index contributed by atoms with van der Waals surface area (Å²) in [6.07, 6.45) is 5.14. The van der Waals surface area contributed by atoms with Gasteiger partial charge in [-0.2, -0.15) is 17.6 Å². The van der Waals surface area contributed by atoms with E-state index >= 15 is 0 Å². The Bertz CT molecular complexity index is 2570. The molecule has 0 bridgehead atoms. The quantitative estimate of drug-likeness (QED) is 0.204. The molecule has 0 radical (unpaired) electrons. The van der Waals surface area contributed by atoms with Crippen molar-refractivity contribution in [3.8, 4) is 28.5 Å². The average molecular weight is 763 g/mol. The van der Waals surface area contributed by atoms with E-state index in [0.717, 1.165) is 48.8 Å². The van der Waals surface area contributed by atoms with E-state index in [1.165, 1.54) is 44.1 Å². The molecule has 1 atom stereocenters. The number of sulfonamides is 1. The Morgan fingerprint density at radius 2 is 1.77 bits per heavy atom. The maximum Gasteiger partial charge on any atom is 0.283 e. The first kappa shape index (κ1) is 34.8. The normalized spacial score (nSPS) is 16.9. The second kappa shape index (κ2) is 13.6. The van der Waals surface area contributed by atoms with Gasteiger partial charge in [0.1, 0.15) is 22.2 Å². The van der Waals surface area contributed by atoms with Crippen molar-refractivity contribution in [2.45, 2.75) is 35.2 Å². The second-order valence-electron chi connectivity index (χ2n) is 12.8. The summed E-state index contributed by atoms with van der Waals surface area (Å²) in [5.41, 5.74) is 1.06. The first-order chi connectivity index (χ1) is 25.5. The molecule has 0 spiro atoms. The Morgan fingerprint density at radius 3 is 2.57 bits per heavy atom. The Hall–Kier alpha value is -5.30. The van der Waals surface area contributed by atoms with Gasteiger partial charge in [0.2, 0.25) is 17.7 Å². The molecule has 14 nitrogen and oxygen atoms in total. The number of anilines is 1. The average Bonchev–Trinajstić information content (AvgIpc) is 3.91. The van der Waals surface area contributed by atoms with Crippen LogP contribution >= 0.6 is 0 Å². The fourth-order valence-electron chi connectivity index (χ4n) is 6.89. The van der Waals surface area contributed by atoms with Gasteiger partial charge in [-0.3, -0.25) is 14.5 Å². The van der Waals surface area contributed by atoms with Crippen LogP contribution in [0.3, 0.4) is 0 Å². The highest BCUT2D eigenvalue weighted by molar-refractivity contribution is 7.92. The van der Waals surface area contributed by atoms with Crippen molar-refractivity contribution in [1.82, 2.24) is 34.2 Å². The monoisotopic (exact) mass is 762 g/mol. The third-order valence-electron chi connectivity index (χ3n) is 9.46. The SMILES string of the molecule is COc1ncc(-c2cc(-c3nnc(CN4CCN5CCC[C@H]5C4)o3)c3cnn(S(=O)(=O)c4ccccc4)c3c2)cc1NS(=O)(=O)c1ccc(F)cc1F. The minimum absolute atomic E-state index is 0.00946. The fraction of sp³-hybridized carbons (Fsp3) is 0.257. The van der Waals surface area contributed by atoms with E-state index in [0.29, 0.717) is 46.6 Å². The van der Waals surface area contributed by atoms with Crippen LogP contribution in [0.1, 0.15) is 18.7 Å². The van der Waals surface area contributed by atoms with Gasteiger partial charge in [0, 0.05) is 48.9 Å². The maximum atomic E-state index is 14.6. The lowest BCUT2D eigenvalue weighted by Gasteiger charge is -2.36. The van der Waals surface area contributed by atoms with E-state index in [-0.39, 0.29) is 27.9 Å². The summed E-state index contributed by atoms with van der Waals surface area (Å²) in [5, 5.41) is 13.3. The summed E-state index contributed by atoms with van der Waals surface area (Å²) in [6, 6.07) is 15.0. The lowest BCUT2D eigenvalue weighted by Crippen LogP contribution is -2.49. The first-order valence-electron chi connectivity index (χ1n) is 16.6. The van der Waals surface area contributed by atoms with Gasteiger partial charge in [0.05, 0.1) is 35.8 Å². The van der Waals surface area contributed by atoms with Crippen LogP contribution < -0.4 is 9.46 Å². The van der Waals surface area contributed by atoms with E-state index in [2.05, 4.69) is 34.8 Å². The number of methoxy groups -OCH3 is 1. The van der Waals surface area contributed by atoms with Gasteiger partial charge in [-0.05, 0) is 67.4 Å². The molecule has 6 aromatic rings. The zero-order valence-electron chi connectivity index (χ0n) is 28.2. The van der Waals surface area contributed by atoms with Gasteiger partial charge in [0.25, 0.3) is 20.0 Å². The Balaban J connectivity index is 1.22. The van der Waals surface area contributed by atoms with E-state index < -0.39 is 36.6 Å². The van der Waals surface area contributed by atoms with Crippen molar-refractivity contribution >= 4 is 36.6 Å². The third kappa shape index (κ3) is 6.62. The predicted molar refractivity (Wildman–Crippen MR) is 189 cm³/mol. The summed E-state index contributed by atoms with van der Waals surface area (Å²) in [4.78, 5) is 8.27. The summed E-state index contributed by atoms with van der Waals surface area (Å²) in [5.74, 6) is -1.86. The molecule has 2 aliphatic rings. The molecule has 53 heavy (non-hydrogen) atoms. The summed E-state index contributed by atoms with van der Waals surface area (Å²) < 4.78 is 97.0. The number of benzene rings is 3. The maximum absolute atomic E-state index is 14.6. The molecule has 274 valence electrons. The van der Waals surface area contributed by atoms with Crippen molar-refractivity contribution in [1.29, 1.82) is 0 Å². The molecule has 2 saturated heterocycles. The van der Waals surface area contributed by atoms with Gasteiger partial charge >= 0.3 is 0 Å². The molecule has 0 saturated carbocycles. The van der Waals surface area contributed by atoms with Crippen LogP contribution in [0.25, 0.3) is 33.5 Å². The first-order valence-corrected chi connectivity index (χ1v) is 19.6. The lowest BCUT2D eigenvalue weighted by molar-refractivity contribution is 0.0929. The number of nitrogens with zero attached hydrogens (tertiary/aromatic N) is 7. The van der Waals surface area contributed by atoms with Crippen molar-refractivity contribution in [2.75, 3.05) is 38.0 Å². The van der Waals surface area contributed by atoms with E-state index in [1.807, 2.05) is 0 Å². The minimum atomic E-state index is -4.59. The van der Waals surface area contributed by atoms with E-state index in [1.54, 1.807) is 30.3 Å². The molecule has 2 fully saturated rings. The van der Waals surface area contributed by atoms with Crippen LogP contribution in [0.2, 0.25) is 0 Å². The number of fused-ring (bicyclic) bond motifs is 2. The Kier molecular flexibility index (Phi) is 8.92. The van der Waals surface area contributed by atoms with Crippen molar-refractivity contribution in [3.05, 3.63) is 96.6 Å². The largest absolute Gasteiger partial charge is 0.480 e. The number of nitrogens with one attached hydrogen (secondary N) is 1. The molecule has 1 N–H and O–H groups in total. The molecular formula is C35H32F2N8O6S2. The highest BCUT2D eigenvalue weighted by Gasteiger charge is 2.31. The Morgan fingerprint density at radius 1 is 0.943 bits per heavy atom. The second-order valence-corrected chi connectivity index (χ2v) is 16.2. The molecule has 0 aliphatic carbocycles. The number of halogens is 2. The zero-order valence-corrected chi connectivity index (χ0v) is 29.8. The zero-order chi connectivity index (χ0) is 36.9. The lowest BCUT2D eigenvalue weighted by atomic mass is 10.0. The highest BCUT2D eigenvalue weighted by atomic mass is 32.2. The summed E-state index contributed by atoms with van der Waals surface area (Å²) >= 11 is 0. The molecule has 0 amide bonds. The topological polar surface area (TPSA) is 166 Å². The number of pyridine rings is 1. The molecular weight excluding hydrogens is 731 g/mol. The van der Waals surface area contributed by atoms with Gasteiger partial charge in [0.15, 0.2) is 0 Å². The Labute approximate surface area is 303 Å². The van der Waals surface area contributed by atoms with E-state index in [9.17, 15) is 25.6 Å². The van der Waals surface area contributed by atoms with Crippen LogP contribution in [0.15, 0.2) is 93.3 Å². The summed E-state index contributed by atoms with van der Waals surface area (Å²) in [7, 11) is -7.49. The minimum Gasteiger partial charge on any atom is -0.480 e. The number of piperazine rings is 1. The standard InChI is InChI=1S/C35H32F2N8O6S2/c1-50-35-30(42-52(46,47)32-10-9-24(36)17-29(32)37)15-23(18-38-35)22-14-27(28-19-39-45(31(28)16-22)53(48,49)26-7-3-2-4-8-26)34-41-40-33(51-34)21-43-12-13-44-11-5-6-25(44)20-43/h2-4,7-10,14-19,25,42H,5-6,11-13,20-21H2,1H3/t25-/m0/s1. The molecule has 8 rings (SSSR count). The van der Waals surface area contributed by atoms with Crippen molar-refractivity contribution in [2.24, 2.45) is 0 Å². The van der Waals surface area contributed by atoms with Crippen LogP contribution in [0.5, 0.6) is 5.88 Å². The van der Waals surface area contributed by atoms with Crippen LogP contribution in [0.4, 0.5) is 14.5 Å². The van der Waals surface area contributed by atoms with Crippen LogP contribution in [0, 0.1) is 11.6 Å². The fourth-order valence-corrected chi connectivity index (χ4v) is 9.28. The summed E-state index contributed by atoms with van der Waals surface area (Å²) in [6.45, 7) is 4.29. The van der Waals surface area contributed by atoms with Crippen LogP contribution in [-0.4, -0.2) is 90.3 Å². The van der Waals surface area contributed by atoms with E-state index in [4.69, 9.17) is 9.15 Å². The third-order valence-corrected chi connectivity index (χ3v) is 12.5. The molecule has 18 heteroatoms. The number of ether oxygens (including phenoxy) is 1. The van der Waals surface area contributed by atoms with Crippen LogP contribution in [-0.2, 0) is 26.6 Å². The molecule has 3 aromatic heterocycles. The smallest absolute Gasteiger partial charge is 0.283 e. The molecule has 5 heterocycles. The number of rotatable bonds is 10. The molecule has 0 unspecified atom stereocenters. The number of aromatic nitrogens is 5. The molecule has 3 aromatic carbocycles. The van der Waals surface area contributed by atoms with Gasteiger partial charge in [-0.15, -0.1) is 10.2 Å². The van der Waals surface area contributed by atoms with Gasteiger partial charge < -0.3 is 9.15 Å².